The molecule has 0 bridgehead atoms. The second-order valence-electron chi connectivity index (χ2n) is 19.1. The standard InChI is InChI=1S/C24H29NO4.C19H36O4.C19H34O4.ClH/c1-5-26-21-10-9-17(14-22(21)27-6-2)13-20-19-16-24(29-8-4)23(28-7-3)15-18(19)11-12-25-20;2*1-3-4-5-6-7-8-9-10-11-12-13-14-18(21)15-19(22)16-23-17(2)20;/h9-12,14-16H,5-8,13H2,1-4H3;3,18-19,21-22H,1,4-16H2,2H3;1,18-19,21-22H,4-16H2,2H3;1H. The number of halogens is 1. The lowest BCUT2D eigenvalue weighted by molar-refractivity contribution is -0.145. The summed E-state index contributed by atoms with van der Waals surface area (Å²) in [6.45, 7) is 16.5. The van der Waals surface area contributed by atoms with Crippen molar-refractivity contribution in [1.82, 2.24) is 4.98 Å². The van der Waals surface area contributed by atoms with Crippen LogP contribution in [-0.4, -0.2) is 101 Å². The summed E-state index contributed by atoms with van der Waals surface area (Å²) < 4.78 is 32.4. The first-order valence-corrected chi connectivity index (χ1v) is 28.4. The van der Waals surface area contributed by atoms with E-state index in [0.29, 0.717) is 45.7 Å². The maximum atomic E-state index is 10.6. The Kier molecular flexibility index (Phi) is 44.7. The number of carbonyl (C=O) groups excluding carboxylic acids is 2. The van der Waals surface area contributed by atoms with Gasteiger partial charge >= 0.3 is 11.9 Å². The Balaban J connectivity index is 0.00000112. The van der Waals surface area contributed by atoms with Crippen molar-refractivity contribution in [2.24, 2.45) is 0 Å². The van der Waals surface area contributed by atoms with Gasteiger partial charge in [-0.05, 0) is 101 Å². The zero-order valence-corrected chi connectivity index (χ0v) is 48.4. The Labute approximate surface area is 464 Å². The molecule has 1 aromatic heterocycles. The third-order valence-electron chi connectivity index (χ3n) is 12.3. The molecule has 0 fully saturated rings. The molecule has 0 radical (unpaired) electrons. The number of allylic oxidation sites excluding steroid dienone is 1. The summed E-state index contributed by atoms with van der Waals surface area (Å²) in [6.07, 6.45) is 33.1. The number of benzene rings is 2. The Morgan fingerprint density at radius 3 is 1.45 bits per heavy atom. The molecule has 0 aliphatic rings. The smallest absolute Gasteiger partial charge is 0.302 e. The van der Waals surface area contributed by atoms with Crippen LogP contribution in [0.1, 0.15) is 207 Å². The number of hydrogen-bond donors (Lipinski definition) is 4. The number of carbonyl (C=O) groups is 2. The number of rotatable bonds is 41. The van der Waals surface area contributed by atoms with E-state index in [1.807, 2.05) is 70.3 Å². The van der Waals surface area contributed by atoms with Gasteiger partial charge < -0.3 is 48.8 Å². The lowest BCUT2D eigenvalue weighted by Crippen LogP contribution is -2.23. The fourth-order valence-electron chi connectivity index (χ4n) is 8.49. The average molecular weight is 1090 g/mol. The molecule has 0 amide bonds. The molecule has 4 N–H and O–H groups in total. The molecule has 432 valence electrons. The van der Waals surface area contributed by atoms with Crippen LogP contribution in [0.25, 0.3) is 10.8 Å². The van der Waals surface area contributed by atoms with E-state index in [9.17, 15) is 30.0 Å². The minimum absolute atomic E-state index is 0. The summed E-state index contributed by atoms with van der Waals surface area (Å²) in [4.78, 5) is 25.9. The van der Waals surface area contributed by atoms with Gasteiger partial charge in [-0.25, -0.2) is 0 Å². The van der Waals surface area contributed by atoms with Crippen molar-refractivity contribution in [3.05, 3.63) is 66.5 Å². The van der Waals surface area contributed by atoms with Crippen LogP contribution in [0.4, 0.5) is 0 Å². The normalized spacial score (nSPS) is 12.2. The van der Waals surface area contributed by atoms with Gasteiger partial charge in [0.05, 0.1) is 56.5 Å². The molecule has 14 heteroatoms. The lowest BCUT2D eigenvalue weighted by Gasteiger charge is -2.15. The van der Waals surface area contributed by atoms with Gasteiger partial charge in [-0.2, -0.15) is 0 Å². The van der Waals surface area contributed by atoms with Crippen LogP contribution >= 0.6 is 12.4 Å². The van der Waals surface area contributed by atoms with E-state index in [4.69, 9.17) is 34.8 Å². The summed E-state index contributed by atoms with van der Waals surface area (Å²) >= 11 is 0. The van der Waals surface area contributed by atoms with Gasteiger partial charge in [0.1, 0.15) is 13.2 Å². The largest absolute Gasteiger partial charge is 0.490 e. The highest BCUT2D eigenvalue weighted by Gasteiger charge is 2.16. The second kappa shape index (κ2) is 47.6. The molecule has 1 heterocycles. The fourth-order valence-corrected chi connectivity index (χ4v) is 8.49. The van der Waals surface area contributed by atoms with Gasteiger partial charge in [-0.15, -0.1) is 31.3 Å². The number of nitrogens with zero attached hydrogens (tertiary/aromatic N) is 1. The molecule has 4 atom stereocenters. The van der Waals surface area contributed by atoms with Crippen LogP contribution in [0.3, 0.4) is 0 Å². The monoisotopic (exact) mass is 1090 g/mol. The minimum atomic E-state index is -0.775. The number of pyridine rings is 1. The zero-order chi connectivity index (χ0) is 55.3. The van der Waals surface area contributed by atoms with Crippen molar-refractivity contribution in [3.8, 4) is 35.3 Å². The third kappa shape index (κ3) is 36.5. The van der Waals surface area contributed by atoms with Gasteiger partial charge in [0.2, 0.25) is 0 Å². The zero-order valence-electron chi connectivity index (χ0n) is 47.5. The summed E-state index contributed by atoms with van der Waals surface area (Å²) in [5.74, 6) is 4.90. The van der Waals surface area contributed by atoms with Crippen LogP contribution in [0, 0.1) is 12.3 Å². The lowest BCUT2D eigenvalue weighted by atomic mass is 10.0. The second-order valence-corrected chi connectivity index (χ2v) is 19.1. The SMILES string of the molecule is C#CCCCCCCCCCCCC(O)CC(O)COC(C)=O.C=CCCCCCCCCCCCC(O)CC(O)COC(C)=O.CCOc1ccc(Cc2nccc3cc(OCC)c(OCC)cc23)cc1OCC.Cl. The number of aromatic nitrogens is 1. The van der Waals surface area contributed by atoms with Crippen LogP contribution < -0.4 is 18.9 Å². The topological polar surface area (TPSA) is 183 Å². The Bertz CT molecular complexity index is 1970. The first-order chi connectivity index (χ1) is 36.3. The van der Waals surface area contributed by atoms with Crippen molar-refractivity contribution >= 4 is 35.1 Å². The molecule has 3 rings (SSSR count). The Morgan fingerprint density at radius 1 is 0.579 bits per heavy atom. The fraction of sp³-hybridized carbons (Fsp3) is 0.661. The summed E-state index contributed by atoms with van der Waals surface area (Å²) in [5, 5.41) is 41.0. The van der Waals surface area contributed by atoms with E-state index in [1.165, 1.54) is 97.3 Å². The molecule has 0 saturated carbocycles. The van der Waals surface area contributed by atoms with E-state index in [1.54, 1.807) is 0 Å². The molecule has 13 nitrogen and oxygen atoms in total. The quantitative estimate of drug-likeness (QED) is 0.0182. The van der Waals surface area contributed by atoms with Gasteiger partial charge in [-0.3, -0.25) is 14.6 Å². The molecular weight excluding hydrogens is 986 g/mol. The summed E-state index contributed by atoms with van der Waals surface area (Å²) in [5.41, 5.74) is 2.10. The minimum Gasteiger partial charge on any atom is -0.490 e. The highest BCUT2D eigenvalue weighted by atomic mass is 35.5. The van der Waals surface area contributed by atoms with E-state index in [2.05, 4.69) is 23.5 Å². The summed E-state index contributed by atoms with van der Waals surface area (Å²) in [7, 11) is 0. The molecule has 0 aliphatic carbocycles. The predicted molar refractivity (Wildman–Crippen MR) is 310 cm³/mol. The van der Waals surface area contributed by atoms with Gasteiger partial charge in [-0.1, -0.05) is 115 Å². The predicted octanol–water partition coefficient (Wildman–Crippen LogP) is 13.6. The van der Waals surface area contributed by atoms with Crippen molar-refractivity contribution < 1.29 is 58.4 Å². The summed E-state index contributed by atoms with van der Waals surface area (Å²) in [6, 6.07) is 12.1. The number of aliphatic hydroxyl groups excluding tert-OH is 4. The first kappa shape index (κ1) is 71.4. The number of hydrogen-bond acceptors (Lipinski definition) is 13. The average Bonchev–Trinajstić information content (AvgIpc) is 3.38. The van der Waals surface area contributed by atoms with E-state index in [-0.39, 0.29) is 38.5 Å². The van der Waals surface area contributed by atoms with Crippen LogP contribution in [-0.2, 0) is 25.5 Å². The van der Waals surface area contributed by atoms with Crippen LogP contribution in [0.2, 0.25) is 0 Å². The Hall–Kier alpha value is -4.58. The van der Waals surface area contributed by atoms with Crippen LogP contribution in [0.5, 0.6) is 23.0 Å². The molecule has 0 saturated heterocycles. The number of aliphatic hydroxyl groups is 4. The third-order valence-corrected chi connectivity index (χ3v) is 12.3. The van der Waals surface area contributed by atoms with Gasteiger partial charge in [0, 0.05) is 51.1 Å². The highest BCUT2D eigenvalue weighted by Crippen LogP contribution is 2.35. The molecule has 2 aromatic carbocycles. The van der Waals surface area contributed by atoms with E-state index >= 15 is 0 Å². The van der Waals surface area contributed by atoms with E-state index < -0.39 is 36.4 Å². The maximum absolute atomic E-state index is 10.6. The first-order valence-electron chi connectivity index (χ1n) is 28.4. The number of fused-ring (bicyclic) bond motifs is 1. The maximum Gasteiger partial charge on any atom is 0.302 e. The molecule has 0 aliphatic heterocycles. The molecule has 76 heavy (non-hydrogen) atoms. The molecule has 3 aromatic rings. The van der Waals surface area contributed by atoms with Gasteiger partial charge in [0.25, 0.3) is 0 Å². The number of unbranched alkanes of at least 4 members (excludes halogenated alkanes) is 18. The number of ether oxygens (including phenoxy) is 6. The van der Waals surface area contributed by atoms with Crippen molar-refractivity contribution in [3.63, 3.8) is 0 Å². The number of terminal acetylenes is 1. The van der Waals surface area contributed by atoms with Gasteiger partial charge in [0.15, 0.2) is 23.0 Å². The Morgan fingerprint density at radius 2 is 1.00 bits per heavy atom. The van der Waals surface area contributed by atoms with Crippen molar-refractivity contribution in [2.75, 3.05) is 39.6 Å². The number of esters is 2. The molecule has 0 spiro atoms. The van der Waals surface area contributed by atoms with Crippen molar-refractivity contribution in [2.45, 2.75) is 226 Å². The van der Waals surface area contributed by atoms with Crippen LogP contribution in [0.15, 0.2) is 55.3 Å². The molecular formula is C62H100ClNO12. The van der Waals surface area contributed by atoms with Crippen molar-refractivity contribution in [1.29, 1.82) is 0 Å². The highest BCUT2D eigenvalue weighted by molar-refractivity contribution is 5.88. The molecule has 4 unspecified atom stereocenters. The van der Waals surface area contributed by atoms with E-state index in [0.717, 1.165) is 90.0 Å².